The summed E-state index contributed by atoms with van der Waals surface area (Å²) in [6.45, 7) is 4.34. The van der Waals surface area contributed by atoms with Gasteiger partial charge in [-0.2, -0.15) is 0 Å². The van der Waals surface area contributed by atoms with Crippen LogP contribution in [0.4, 0.5) is 0 Å². The predicted octanol–water partition coefficient (Wildman–Crippen LogP) is 0.692. The molecule has 0 aromatic carbocycles. The van der Waals surface area contributed by atoms with Crippen molar-refractivity contribution in [2.45, 2.75) is 39.2 Å². The van der Waals surface area contributed by atoms with Gasteiger partial charge in [-0.15, -0.1) is 5.10 Å². The Morgan fingerprint density at radius 3 is 2.84 bits per heavy atom. The summed E-state index contributed by atoms with van der Waals surface area (Å²) < 4.78 is 0. The fourth-order valence-corrected chi connectivity index (χ4v) is 2.30. The Bertz CT molecular complexity index is 485. The number of amides is 1. The number of H-pyrrole nitrogens is 1. The molecule has 2 rings (SSSR count). The molecule has 7 heteroatoms. The van der Waals surface area contributed by atoms with E-state index in [9.17, 15) is 14.7 Å². The zero-order chi connectivity index (χ0) is 14.0. The van der Waals surface area contributed by atoms with Gasteiger partial charge in [-0.25, -0.2) is 9.78 Å². The molecule has 1 aromatic rings. The number of carbonyl (C=O) groups is 2. The van der Waals surface area contributed by atoms with E-state index in [1.54, 1.807) is 0 Å². The Morgan fingerprint density at radius 2 is 2.26 bits per heavy atom. The van der Waals surface area contributed by atoms with Crippen molar-refractivity contribution >= 4 is 11.9 Å². The molecule has 1 fully saturated rings. The first-order valence-electron chi connectivity index (χ1n) is 6.48. The first-order valence-corrected chi connectivity index (χ1v) is 6.48. The number of aliphatic carboxylic acids is 1. The van der Waals surface area contributed by atoms with Crippen LogP contribution in [0.5, 0.6) is 0 Å². The molecule has 0 radical (unpaired) electrons. The van der Waals surface area contributed by atoms with Crippen LogP contribution in [0.2, 0.25) is 0 Å². The number of carbonyl (C=O) groups excluding carboxylic acids is 1. The quantitative estimate of drug-likeness (QED) is 0.838. The van der Waals surface area contributed by atoms with Crippen LogP contribution in [0.15, 0.2) is 0 Å². The number of nitrogens with zero attached hydrogens (tertiary/aromatic N) is 3. The summed E-state index contributed by atoms with van der Waals surface area (Å²) in [6.07, 6.45) is 1.94. The third kappa shape index (κ3) is 2.74. The van der Waals surface area contributed by atoms with Crippen molar-refractivity contribution in [2.75, 3.05) is 6.54 Å². The van der Waals surface area contributed by atoms with Crippen molar-refractivity contribution in [3.8, 4) is 0 Å². The molecule has 0 aliphatic carbocycles. The number of aryl methyl sites for hydroxylation is 1. The Balaban J connectivity index is 2.18. The fourth-order valence-electron chi connectivity index (χ4n) is 2.30. The summed E-state index contributed by atoms with van der Waals surface area (Å²) in [5.41, 5.74) is 0. The number of aromatic nitrogens is 3. The number of carboxylic acids is 1. The van der Waals surface area contributed by atoms with Gasteiger partial charge in [0.1, 0.15) is 11.9 Å². The van der Waals surface area contributed by atoms with E-state index >= 15 is 0 Å². The maximum atomic E-state index is 12.3. The zero-order valence-electron chi connectivity index (χ0n) is 11.1. The fraction of sp³-hybridized carbons (Fsp3) is 0.667. The monoisotopic (exact) mass is 266 g/mol. The smallest absolute Gasteiger partial charge is 0.326 e. The number of piperidine rings is 1. The largest absolute Gasteiger partial charge is 0.480 e. The average Bonchev–Trinajstić information content (AvgIpc) is 2.86. The SMILES string of the molecule is CCc1nc(C(=O)N2CCC(C)CC2C(=O)O)n[nH]1. The highest BCUT2D eigenvalue weighted by atomic mass is 16.4. The van der Waals surface area contributed by atoms with Gasteiger partial charge < -0.3 is 10.0 Å². The van der Waals surface area contributed by atoms with Gasteiger partial charge in [0.25, 0.3) is 5.91 Å². The van der Waals surface area contributed by atoms with Gasteiger partial charge in [0.15, 0.2) is 0 Å². The van der Waals surface area contributed by atoms with Crippen LogP contribution in [-0.2, 0) is 11.2 Å². The van der Waals surface area contributed by atoms with Gasteiger partial charge in [-0.3, -0.25) is 9.89 Å². The number of nitrogens with one attached hydrogen (secondary N) is 1. The first kappa shape index (κ1) is 13.5. The van der Waals surface area contributed by atoms with Crippen LogP contribution in [0.3, 0.4) is 0 Å². The second-order valence-electron chi connectivity index (χ2n) is 4.94. The van der Waals surface area contributed by atoms with Crippen LogP contribution < -0.4 is 0 Å². The summed E-state index contributed by atoms with van der Waals surface area (Å²) in [6, 6.07) is -0.778. The van der Waals surface area contributed by atoms with Crippen molar-refractivity contribution in [2.24, 2.45) is 5.92 Å². The minimum atomic E-state index is -0.967. The topological polar surface area (TPSA) is 99.2 Å². The molecule has 2 atom stereocenters. The molecular formula is C12H18N4O3. The number of hydrogen-bond donors (Lipinski definition) is 2. The number of likely N-dealkylation sites (tertiary alicyclic amines) is 1. The van der Waals surface area contributed by atoms with E-state index in [-0.39, 0.29) is 5.82 Å². The van der Waals surface area contributed by atoms with E-state index in [0.717, 1.165) is 6.42 Å². The van der Waals surface area contributed by atoms with E-state index in [1.165, 1.54) is 4.90 Å². The van der Waals surface area contributed by atoms with E-state index < -0.39 is 17.9 Å². The second-order valence-corrected chi connectivity index (χ2v) is 4.94. The molecule has 2 heterocycles. The molecule has 1 aromatic heterocycles. The normalized spacial score (nSPS) is 23.4. The lowest BCUT2D eigenvalue weighted by Crippen LogP contribution is -2.50. The van der Waals surface area contributed by atoms with Crippen LogP contribution >= 0.6 is 0 Å². The van der Waals surface area contributed by atoms with Crippen molar-refractivity contribution in [3.63, 3.8) is 0 Å². The highest BCUT2D eigenvalue weighted by molar-refractivity contribution is 5.93. The summed E-state index contributed by atoms with van der Waals surface area (Å²) in [5.74, 6) is -0.386. The standard InChI is InChI=1S/C12H18N4O3/c1-3-9-13-10(15-14-9)11(17)16-5-4-7(2)6-8(16)12(18)19/h7-8H,3-6H2,1-2H3,(H,18,19)(H,13,14,15). The number of hydrogen-bond acceptors (Lipinski definition) is 4. The van der Waals surface area contributed by atoms with E-state index in [0.29, 0.717) is 31.1 Å². The average molecular weight is 266 g/mol. The van der Waals surface area contributed by atoms with Crippen molar-refractivity contribution in [1.29, 1.82) is 0 Å². The van der Waals surface area contributed by atoms with Crippen molar-refractivity contribution in [3.05, 3.63) is 11.6 Å². The summed E-state index contributed by atoms with van der Waals surface area (Å²) in [7, 11) is 0. The van der Waals surface area contributed by atoms with Gasteiger partial charge in [0, 0.05) is 13.0 Å². The minimum absolute atomic E-state index is 0.0534. The molecular weight excluding hydrogens is 248 g/mol. The number of rotatable bonds is 3. The van der Waals surface area contributed by atoms with Crippen LogP contribution in [0.1, 0.15) is 43.1 Å². The third-order valence-corrected chi connectivity index (χ3v) is 3.47. The number of aromatic amines is 1. The molecule has 19 heavy (non-hydrogen) atoms. The van der Waals surface area contributed by atoms with Gasteiger partial charge in [0.2, 0.25) is 5.82 Å². The van der Waals surface area contributed by atoms with E-state index in [1.807, 2.05) is 13.8 Å². The van der Waals surface area contributed by atoms with Crippen LogP contribution in [0.25, 0.3) is 0 Å². The highest BCUT2D eigenvalue weighted by Gasteiger charge is 2.36. The number of carboxylic acid groups (broad SMARTS) is 1. The third-order valence-electron chi connectivity index (χ3n) is 3.47. The van der Waals surface area contributed by atoms with Gasteiger partial charge in [-0.1, -0.05) is 13.8 Å². The molecule has 1 amide bonds. The molecule has 1 aliphatic heterocycles. The lowest BCUT2D eigenvalue weighted by atomic mass is 9.92. The Kier molecular flexibility index (Phi) is 3.82. The Labute approximate surface area is 111 Å². The molecule has 2 N–H and O–H groups in total. The van der Waals surface area contributed by atoms with Crippen LogP contribution in [-0.4, -0.2) is 49.7 Å². The van der Waals surface area contributed by atoms with Gasteiger partial charge >= 0.3 is 5.97 Å². The molecule has 0 saturated carbocycles. The maximum absolute atomic E-state index is 12.3. The molecule has 104 valence electrons. The Morgan fingerprint density at radius 1 is 1.53 bits per heavy atom. The summed E-state index contributed by atoms with van der Waals surface area (Å²) in [5, 5.41) is 15.8. The predicted molar refractivity (Wildman–Crippen MR) is 66.6 cm³/mol. The second kappa shape index (κ2) is 5.38. The van der Waals surface area contributed by atoms with E-state index in [4.69, 9.17) is 0 Å². The summed E-state index contributed by atoms with van der Waals surface area (Å²) >= 11 is 0. The highest BCUT2D eigenvalue weighted by Crippen LogP contribution is 2.23. The van der Waals surface area contributed by atoms with E-state index in [2.05, 4.69) is 15.2 Å². The summed E-state index contributed by atoms with van der Waals surface area (Å²) in [4.78, 5) is 29.0. The van der Waals surface area contributed by atoms with Crippen molar-refractivity contribution in [1.82, 2.24) is 20.1 Å². The Hall–Kier alpha value is -1.92. The minimum Gasteiger partial charge on any atom is -0.480 e. The zero-order valence-corrected chi connectivity index (χ0v) is 11.1. The molecule has 1 aliphatic rings. The first-order chi connectivity index (χ1) is 9.02. The molecule has 0 bridgehead atoms. The van der Waals surface area contributed by atoms with Gasteiger partial charge in [0.05, 0.1) is 0 Å². The lowest BCUT2D eigenvalue weighted by Gasteiger charge is -2.35. The maximum Gasteiger partial charge on any atom is 0.326 e. The molecule has 2 unspecified atom stereocenters. The van der Waals surface area contributed by atoms with Crippen molar-refractivity contribution < 1.29 is 14.7 Å². The lowest BCUT2D eigenvalue weighted by molar-refractivity contribution is -0.144. The molecule has 0 spiro atoms. The molecule has 1 saturated heterocycles. The van der Waals surface area contributed by atoms with Crippen LogP contribution in [0, 0.1) is 5.92 Å². The molecule has 7 nitrogen and oxygen atoms in total. The van der Waals surface area contributed by atoms with Gasteiger partial charge in [-0.05, 0) is 18.8 Å².